The number of rotatable bonds is 5. The number of aryl methyl sites for hydroxylation is 3. The summed E-state index contributed by atoms with van der Waals surface area (Å²) in [7, 11) is 1.98. The molecule has 0 N–H and O–H groups in total. The molecule has 4 rings (SSSR count). The molecule has 0 aliphatic carbocycles. The van der Waals surface area contributed by atoms with E-state index in [1.54, 1.807) is 6.20 Å². The highest BCUT2D eigenvalue weighted by Gasteiger charge is 2.26. The Morgan fingerprint density at radius 1 is 1.25 bits per heavy atom. The Hall–Kier alpha value is -2.66. The number of carbonyl (C=O) groups excluding carboxylic acids is 1. The van der Waals surface area contributed by atoms with E-state index in [-0.39, 0.29) is 12.0 Å². The molecule has 28 heavy (non-hydrogen) atoms. The highest BCUT2D eigenvalue weighted by Crippen LogP contribution is 2.27. The second-order valence-electron chi connectivity index (χ2n) is 7.69. The number of amides is 1. The first-order valence-electron chi connectivity index (χ1n) is 9.91. The Morgan fingerprint density at radius 3 is 2.75 bits per heavy atom. The summed E-state index contributed by atoms with van der Waals surface area (Å²) in [4.78, 5) is 19.9. The fourth-order valence-electron chi connectivity index (χ4n) is 4.11. The average Bonchev–Trinajstić information content (AvgIpc) is 3.33. The molecular formula is C23H27N3O2. The Bertz CT molecular complexity index is 988. The smallest absolute Gasteiger partial charge is 0.270 e. The Morgan fingerprint density at radius 2 is 2.07 bits per heavy atom. The molecule has 0 spiro atoms. The number of aromatic nitrogens is 2. The van der Waals surface area contributed by atoms with Crippen molar-refractivity contribution >= 4 is 16.8 Å². The Kier molecular flexibility index (Phi) is 5.18. The van der Waals surface area contributed by atoms with E-state index < -0.39 is 0 Å². The zero-order valence-electron chi connectivity index (χ0n) is 16.8. The van der Waals surface area contributed by atoms with Gasteiger partial charge in [0.15, 0.2) is 0 Å². The normalized spacial score (nSPS) is 16.6. The molecule has 1 atom stereocenters. The first-order chi connectivity index (χ1) is 13.5. The van der Waals surface area contributed by atoms with Gasteiger partial charge >= 0.3 is 0 Å². The number of fused-ring (bicyclic) bond motifs is 1. The number of ether oxygens (including phenoxy) is 1. The summed E-state index contributed by atoms with van der Waals surface area (Å²) in [6, 6.07) is 12.1. The van der Waals surface area contributed by atoms with E-state index in [2.05, 4.69) is 31.0 Å². The molecule has 3 heterocycles. The van der Waals surface area contributed by atoms with E-state index in [4.69, 9.17) is 4.74 Å². The van der Waals surface area contributed by atoms with Crippen LogP contribution in [0, 0.1) is 13.8 Å². The quantitative estimate of drug-likeness (QED) is 0.675. The van der Waals surface area contributed by atoms with Crippen LogP contribution < -0.4 is 0 Å². The number of nitrogens with zero attached hydrogens (tertiary/aromatic N) is 3. The van der Waals surface area contributed by atoms with Crippen molar-refractivity contribution in [2.45, 2.75) is 39.3 Å². The number of pyridine rings is 1. The summed E-state index contributed by atoms with van der Waals surface area (Å²) < 4.78 is 7.84. The fraction of sp³-hybridized carbons (Fsp3) is 0.391. The van der Waals surface area contributed by atoms with Crippen LogP contribution in [0.1, 0.15) is 40.2 Å². The van der Waals surface area contributed by atoms with E-state index in [0.717, 1.165) is 36.0 Å². The van der Waals surface area contributed by atoms with Crippen molar-refractivity contribution in [3.8, 4) is 0 Å². The molecule has 0 radical (unpaired) electrons. The van der Waals surface area contributed by atoms with Crippen LogP contribution in [0.3, 0.4) is 0 Å². The van der Waals surface area contributed by atoms with Crippen molar-refractivity contribution in [2.24, 2.45) is 7.05 Å². The van der Waals surface area contributed by atoms with Gasteiger partial charge in [-0.25, -0.2) is 0 Å². The molecule has 1 fully saturated rings. The van der Waals surface area contributed by atoms with E-state index in [1.165, 1.54) is 11.1 Å². The zero-order chi connectivity index (χ0) is 19.7. The SMILES string of the molecule is Cc1ccc(C)c2c1cc(C(=O)N(Cc1ccccn1)C[C@H]1CCCO1)n2C. The van der Waals surface area contributed by atoms with Gasteiger partial charge in [0.1, 0.15) is 5.69 Å². The maximum Gasteiger partial charge on any atom is 0.270 e. The molecule has 146 valence electrons. The van der Waals surface area contributed by atoms with Crippen LogP contribution in [-0.2, 0) is 18.3 Å². The lowest BCUT2D eigenvalue weighted by Gasteiger charge is -2.25. The van der Waals surface area contributed by atoms with Crippen LogP contribution in [0.5, 0.6) is 0 Å². The molecule has 0 unspecified atom stereocenters. The summed E-state index contributed by atoms with van der Waals surface area (Å²) in [5.41, 5.74) is 5.09. The Labute approximate surface area is 165 Å². The summed E-state index contributed by atoms with van der Waals surface area (Å²) in [6.07, 6.45) is 3.93. The molecule has 1 aliphatic heterocycles. The predicted octanol–water partition coefficient (Wildman–Crippen LogP) is 4.01. The van der Waals surface area contributed by atoms with Gasteiger partial charge in [0, 0.05) is 31.8 Å². The summed E-state index contributed by atoms with van der Waals surface area (Å²) in [5, 5.41) is 1.14. The van der Waals surface area contributed by atoms with Crippen LogP contribution in [0.25, 0.3) is 10.9 Å². The van der Waals surface area contributed by atoms with Crippen molar-refractivity contribution in [1.82, 2.24) is 14.5 Å². The van der Waals surface area contributed by atoms with Crippen LogP contribution in [0.15, 0.2) is 42.6 Å². The van der Waals surface area contributed by atoms with Crippen LogP contribution in [0.2, 0.25) is 0 Å². The third-order valence-electron chi connectivity index (χ3n) is 5.65. The molecule has 2 aromatic heterocycles. The third kappa shape index (κ3) is 3.54. The van der Waals surface area contributed by atoms with Gasteiger partial charge in [-0.15, -0.1) is 0 Å². The van der Waals surface area contributed by atoms with Gasteiger partial charge in [-0.05, 0) is 56.0 Å². The minimum absolute atomic E-state index is 0.0265. The third-order valence-corrected chi connectivity index (χ3v) is 5.65. The number of carbonyl (C=O) groups is 1. The first-order valence-corrected chi connectivity index (χ1v) is 9.91. The predicted molar refractivity (Wildman–Crippen MR) is 110 cm³/mol. The molecule has 1 aliphatic rings. The fourth-order valence-corrected chi connectivity index (χ4v) is 4.11. The van der Waals surface area contributed by atoms with Gasteiger partial charge in [0.25, 0.3) is 5.91 Å². The number of benzene rings is 1. The van der Waals surface area contributed by atoms with Gasteiger partial charge in [-0.1, -0.05) is 18.2 Å². The molecular weight excluding hydrogens is 350 g/mol. The molecule has 0 bridgehead atoms. The van der Waals surface area contributed by atoms with Crippen LogP contribution >= 0.6 is 0 Å². The maximum absolute atomic E-state index is 13.6. The molecule has 1 aromatic carbocycles. The average molecular weight is 377 g/mol. The molecule has 5 heteroatoms. The van der Waals surface area contributed by atoms with Gasteiger partial charge in [-0.3, -0.25) is 9.78 Å². The number of hydrogen-bond donors (Lipinski definition) is 0. The lowest BCUT2D eigenvalue weighted by molar-refractivity contribution is 0.0497. The van der Waals surface area contributed by atoms with E-state index >= 15 is 0 Å². The molecule has 5 nitrogen and oxygen atoms in total. The highest BCUT2D eigenvalue weighted by atomic mass is 16.5. The zero-order valence-corrected chi connectivity index (χ0v) is 16.8. The van der Waals surface area contributed by atoms with Crippen molar-refractivity contribution in [2.75, 3.05) is 13.2 Å². The maximum atomic E-state index is 13.6. The van der Waals surface area contributed by atoms with E-state index in [9.17, 15) is 4.79 Å². The van der Waals surface area contributed by atoms with E-state index in [0.29, 0.717) is 18.8 Å². The molecule has 1 amide bonds. The topological polar surface area (TPSA) is 47.4 Å². The monoisotopic (exact) mass is 377 g/mol. The lowest BCUT2D eigenvalue weighted by Crippen LogP contribution is -2.38. The summed E-state index contributed by atoms with van der Waals surface area (Å²) in [5.74, 6) is 0.0265. The van der Waals surface area contributed by atoms with Crippen molar-refractivity contribution in [1.29, 1.82) is 0 Å². The van der Waals surface area contributed by atoms with Crippen molar-refractivity contribution in [3.63, 3.8) is 0 Å². The van der Waals surface area contributed by atoms with Crippen molar-refractivity contribution < 1.29 is 9.53 Å². The highest BCUT2D eigenvalue weighted by molar-refractivity contribution is 6.00. The number of hydrogen-bond acceptors (Lipinski definition) is 3. The Balaban J connectivity index is 1.70. The minimum atomic E-state index is 0.0265. The van der Waals surface area contributed by atoms with Crippen molar-refractivity contribution in [3.05, 3.63) is 65.1 Å². The summed E-state index contributed by atoms with van der Waals surface area (Å²) in [6.45, 7) is 6.04. The standard InChI is InChI=1S/C23H27N3O2/c1-16-9-10-17(2)22-20(16)13-21(25(22)3)23(27)26(15-19-8-6-12-28-19)14-18-7-4-5-11-24-18/h4-5,7,9-11,13,19H,6,8,12,14-15H2,1-3H3/t19-/m1/s1. The van der Waals surface area contributed by atoms with Crippen LogP contribution in [0.4, 0.5) is 0 Å². The van der Waals surface area contributed by atoms with Crippen LogP contribution in [-0.4, -0.2) is 39.6 Å². The largest absolute Gasteiger partial charge is 0.376 e. The molecule has 3 aromatic rings. The second kappa shape index (κ2) is 7.76. The summed E-state index contributed by atoms with van der Waals surface area (Å²) >= 11 is 0. The van der Waals surface area contributed by atoms with Gasteiger partial charge in [0.05, 0.1) is 23.9 Å². The van der Waals surface area contributed by atoms with Gasteiger partial charge in [-0.2, -0.15) is 0 Å². The molecule has 1 saturated heterocycles. The second-order valence-corrected chi connectivity index (χ2v) is 7.69. The van der Waals surface area contributed by atoms with Gasteiger partial charge < -0.3 is 14.2 Å². The van der Waals surface area contributed by atoms with E-state index in [1.807, 2.05) is 40.8 Å². The first kappa shape index (κ1) is 18.7. The molecule has 0 saturated carbocycles. The van der Waals surface area contributed by atoms with Gasteiger partial charge in [0.2, 0.25) is 0 Å². The lowest BCUT2D eigenvalue weighted by atomic mass is 10.1. The minimum Gasteiger partial charge on any atom is -0.376 e.